The highest BCUT2D eigenvalue weighted by Crippen LogP contribution is 2.26. The highest BCUT2D eigenvalue weighted by atomic mass is 16.5. The van der Waals surface area contributed by atoms with E-state index in [9.17, 15) is 9.59 Å². The number of amides is 1. The van der Waals surface area contributed by atoms with Gasteiger partial charge in [-0.1, -0.05) is 31.5 Å². The molecule has 5 heteroatoms. The van der Waals surface area contributed by atoms with Gasteiger partial charge in [-0.2, -0.15) is 0 Å². The molecule has 1 heterocycles. The Morgan fingerprint density at radius 3 is 2.77 bits per heavy atom. The predicted octanol–water partition coefficient (Wildman–Crippen LogP) is 2.31. The molecule has 2 rings (SSSR count). The molecule has 1 amide bonds. The van der Waals surface area contributed by atoms with Gasteiger partial charge in [-0.15, -0.1) is 0 Å². The number of ether oxygens (including phenoxy) is 2. The number of carbonyl (C=O) groups excluding carboxylic acids is 2. The highest BCUT2D eigenvalue weighted by molar-refractivity contribution is 6.01. The van der Waals surface area contributed by atoms with Crippen LogP contribution in [-0.4, -0.2) is 31.1 Å². The summed E-state index contributed by atoms with van der Waals surface area (Å²) in [5.41, 5.74) is 0.317. The summed E-state index contributed by atoms with van der Waals surface area (Å²) in [7, 11) is 1.32. The molecule has 1 aromatic rings. The Bertz CT molecular complexity index is 608. The number of para-hydroxylation sites is 1. The van der Waals surface area contributed by atoms with Crippen molar-refractivity contribution in [2.75, 3.05) is 13.7 Å². The zero-order valence-corrected chi connectivity index (χ0v) is 13.1. The first-order valence-corrected chi connectivity index (χ1v) is 7.33. The molecular weight excluding hydrogens is 282 g/mol. The molecule has 22 heavy (non-hydrogen) atoms. The van der Waals surface area contributed by atoms with Gasteiger partial charge in [0.05, 0.1) is 12.7 Å². The molecule has 0 saturated heterocycles. The van der Waals surface area contributed by atoms with Gasteiger partial charge in [-0.05, 0) is 25.5 Å². The molecule has 0 spiro atoms. The molecular formula is C17H21NO4. The largest absolute Gasteiger partial charge is 0.488 e. The third-order valence-electron chi connectivity index (χ3n) is 3.70. The number of carbonyl (C=O) groups is 2. The topological polar surface area (TPSA) is 64.6 Å². The Labute approximate surface area is 130 Å². The summed E-state index contributed by atoms with van der Waals surface area (Å²) in [6.07, 6.45) is 3.05. The van der Waals surface area contributed by atoms with E-state index in [4.69, 9.17) is 9.47 Å². The summed E-state index contributed by atoms with van der Waals surface area (Å²) >= 11 is 0. The number of fused-ring (bicyclic) bond motifs is 1. The van der Waals surface area contributed by atoms with E-state index >= 15 is 0 Å². The van der Waals surface area contributed by atoms with E-state index in [2.05, 4.69) is 5.32 Å². The molecule has 0 saturated carbocycles. The number of hydrogen-bond acceptors (Lipinski definition) is 4. The van der Waals surface area contributed by atoms with Gasteiger partial charge in [-0.25, -0.2) is 4.79 Å². The van der Waals surface area contributed by atoms with Crippen molar-refractivity contribution < 1.29 is 19.1 Å². The van der Waals surface area contributed by atoms with Crippen molar-refractivity contribution in [3.63, 3.8) is 0 Å². The quantitative estimate of drug-likeness (QED) is 0.848. The van der Waals surface area contributed by atoms with Crippen LogP contribution in [0.2, 0.25) is 0 Å². The SMILES string of the molecule is CCCC(C)(NC(=O)C1=Cc2ccccc2OC1)C(=O)OC. The van der Waals surface area contributed by atoms with E-state index in [0.717, 1.165) is 17.7 Å². The van der Waals surface area contributed by atoms with E-state index < -0.39 is 11.5 Å². The fraction of sp³-hybridized carbons (Fsp3) is 0.412. The lowest BCUT2D eigenvalue weighted by Crippen LogP contribution is -2.53. The van der Waals surface area contributed by atoms with Gasteiger partial charge in [-0.3, -0.25) is 4.79 Å². The molecule has 0 aliphatic carbocycles. The van der Waals surface area contributed by atoms with Crippen LogP contribution in [-0.2, 0) is 14.3 Å². The average Bonchev–Trinajstić information content (AvgIpc) is 2.53. The average molecular weight is 303 g/mol. The maximum atomic E-state index is 12.5. The number of benzene rings is 1. The van der Waals surface area contributed by atoms with Gasteiger partial charge in [0, 0.05) is 5.56 Å². The van der Waals surface area contributed by atoms with Gasteiger partial charge in [0.1, 0.15) is 17.9 Å². The zero-order valence-electron chi connectivity index (χ0n) is 13.1. The number of rotatable bonds is 5. The van der Waals surface area contributed by atoms with Gasteiger partial charge in [0.2, 0.25) is 0 Å². The number of nitrogens with one attached hydrogen (secondary N) is 1. The molecule has 118 valence electrons. The number of esters is 1. The maximum Gasteiger partial charge on any atom is 0.331 e. The lowest BCUT2D eigenvalue weighted by molar-refractivity contribution is -0.150. The summed E-state index contributed by atoms with van der Waals surface area (Å²) < 4.78 is 10.4. The first-order chi connectivity index (χ1) is 10.5. The Morgan fingerprint density at radius 1 is 1.36 bits per heavy atom. The molecule has 0 radical (unpaired) electrons. The summed E-state index contributed by atoms with van der Waals surface area (Å²) in [5.74, 6) is -0.000353. The fourth-order valence-electron chi connectivity index (χ4n) is 2.52. The van der Waals surface area contributed by atoms with Crippen LogP contribution in [0.1, 0.15) is 32.3 Å². The van der Waals surface area contributed by atoms with Crippen LogP contribution in [0, 0.1) is 0 Å². The van der Waals surface area contributed by atoms with E-state index in [-0.39, 0.29) is 12.5 Å². The minimum atomic E-state index is -1.03. The third kappa shape index (κ3) is 3.30. The lowest BCUT2D eigenvalue weighted by atomic mass is 9.95. The molecule has 0 bridgehead atoms. The molecule has 0 aromatic heterocycles. The summed E-state index contributed by atoms with van der Waals surface area (Å²) in [6, 6.07) is 7.51. The van der Waals surface area contributed by atoms with Gasteiger partial charge in [0.15, 0.2) is 0 Å². The van der Waals surface area contributed by atoms with Crippen LogP contribution in [0.5, 0.6) is 5.75 Å². The molecule has 5 nitrogen and oxygen atoms in total. The van der Waals surface area contributed by atoms with Crippen molar-refractivity contribution in [1.82, 2.24) is 5.32 Å². The first kappa shape index (κ1) is 16.1. The number of methoxy groups -OCH3 is 1. The van der Waals surface area contributed by atoms with Crippen LogP contribution in [0.15, 0.2) is 29.8 Å². The molecule has 0 fully saturated rings. The van der Waals surface area contributed by atoms with E-state index in [1.807, 2.05) is 31.2 Å². The minimum Gasteiger partial charge on any atom is -0.488 e. The van der Waals surface area contributed by atoms with E-state index in [1.54, 1.807) is 13.0 Å². The molecule has 1 aliphatic rings. The van der Waals surface area contributed by atoms with Crippen LogP contribution in [0.4, 0.5) is 0 Å². The van der Waals surface area contributed by atoms with Crippen molar-refractivity contribution >= 4 is 18.0 Å². The van der Waals surface area contributed by atoms with Gasteiger partial charge < -0.3 is 14.8 Å². The second-order valence-corrected chi connectivity index (χ2v) is 5.52. The highest BCUT2D eigenvalue weighted by Gasteiger charge is 2.36. The van der Waals surface area contributed by atoms with Crippen LogP contribution >= 0.6 is 0 Å². The lowest BCUT2D eigenvalue weighted by Gasteiger charge is -2.28. The van der Waals surface area contributed by atoms with Crippen molar-refractivity contribution in [2.45, 2.75) is 32.2 Å². The van der Waals surface area contributed by atoms with E-state index in [0.29, 0.717) is 12.0 Å². The van der Waals surface area contributed by atoms with Crippen molar-refractivity contribution in [2.24, 2.45) is 0 Å². The second kappa shape index (κ2) is 6.64. The maximum absolute atomic E-state index is 12.5. The molecule has 1 aliphatic heterocycles. The Balaban J connectivity index is 2.18. The smallest absolute Gasteiger partial charge is 0.331 e. The summed E-state index contributed by atoms with van der Waals surface area (Å²) in [4.78, 5) is 24.4. The first-order valence-electron chi connectivity index (χ1n) is 7.33. The minimum absolute atomic E-state index is 0.187. The van der Waals surface area contributed by atoms with Crippen LogP contribution in [0.25, 0.3) is 6.08 Å². The number of hydrogen-bond donors (Lipinski definition) is 1. The predicted molar refractivity (Wildman–Crippen MR) is 83.4 cm³/mol. The summed E-state index contributed by atoms with van der Waals surface area (Å²) in [6.45, 7) is 3.82. The second-order valence-electron chi connectivity index (χ2n) is 5.52. The fourth-order valence-corrected chi connectivity index (χ4v) is 2.52. The summed E-state index contributed by atoms with van der Waals surface area (Å²) in [5, 5.41) is 2.78. The van der Waals surface area contributed by atoms with Crippen LogP contribution in [0.3, 0.4) is 0 Å². The Morgan fingerprint density at radius 2 is 2.09 bits per heavy atom. The molecule has 1 unspecified atom stereocenters. The monoisotopic (exact) mass is 303 g/mol. The molecule has 1 aromatic carbocycles. The standard InChI is InChI=1S/C17H21NO4/c1-4-9-17(2,16(20)21-3)18-15(19)13-10-12-7-5-6-8-14(12)22-11-13/h5-8,10H,4,9,11H2,1-3H3,(H,18,19). The Kier molecular flexibility index (Phi) is 4.85. The van der Waals surface area contributed by atoms with Crippen molar-refractivity contribution in [3.05, 3.63) is 35.4 Å². The molecule has 1 N–H and O–H groups in total. The van der Waals surface area contributed by atoms with Crippen molar-refractivity contribution in [3.8, 4) is 5.75 Å². The van der Waals surface area contributed by atoms with Gasteiger partial charge >= 0.3 is 5.97 Å². The van der Waals surface area contributed by atoms with Crippen molar-refractivity contribution in [1.29, 1.82) is 0 Å². The third-order valence-corrected chi connectivity index (χ3v) is 3.70. The zero-order chi connectivity index (χ0) is 16.2. The normalized spacial score (nSPS) is 15.7. The Hall–Kier alpha value is -2.30. The van der Waals surface area contributed by atoms with Crippen LogP contribution < -0.4 is 10.1 Å². The van der Waals surface area contributed by atoms with E-state index in [1.165, 1.54) is 7.11 Å². The van der Waals surface area contributed by atoms with Gasteiger partial charge in [0.25, 0.3) is 5.91 Å². The molecule has 1 atom stereocenters.